The van der Waals surface area contributed by atoms with Gasteiger partial charge in [0.25, 0.3) is 5.91 Å². The largest absolute Gasteiger partial charge is 0.493 e. The number of amidine groups is 1. The van der Waals surface area contributed by atoms with E-state index in [-0.39, 0.29) is 23.5 Å². The lowest BCUT2D eigenvalue weighted by molar-refractivity contribution is -0.143. The van der Waals surface area contributed by atoms with Gasteiger partial charge in [-0.25, -0.2) is 0 Å². The Morgan fingerprint density at radius 1 is 0.974 bits per heavy atom. The fourth-order valence-electron chi connectivity index (χ4n) is 3.87. The van der Waals surface area contributed by atoms with Crippen molar-refractivity contribution in [3.8, 4) is 11.5 Å². The van der Waals surface area contributed by atoms with Crippen molar-refractivity contribution >= 4 is 28.9 Å². The standard InChI is InChI=1S/C25H23F6N3O3S/c1-33-7-9-34(10-8-33)23-32-22(35)21(38-23)12-15-3-6-19(20(11-15)36-2)37-14-16-4-5-17(24(26,27)28)13-18(16)25(29,30)31/h3-6,11-13H,7-10,14H2,1-2H3/b21-12+. The molecule has 0 N–H and O–H groups in total. The van der Waals surface area contributed by atoms with Crippen LogP contribution in [-0.4, -0.2) is 61.2 Å². The van der Waals surface area contributed by atoms with Gasteiger partial charge in [0.15, 0.2) is 16.7 Å². The van der Waals surface area contributed by atoms with Crippen molar-refractivity contribution in [2.24, 2.45) is 4.99 Å². The summed E-state index contributed by atoms with van der Waals surface area (Å²) in [5.41, 5.74) is -2.71. The molecule has 1 saturated heterocycles. The summed E-state index contributed by atoms with van der Waals surface area (Å²) in [6.07, 6.45) is -8.29. The van der Waals surface area contributed by atoms with Crippen LogP contribution in [0.5, 0.6) is 11.5 Å². The molecule has 0 spiro atoms. The van der Waals surface area contributed by atoms with E-state index in [1.165, 1.54) is 24.9 Å². The maximum atomic E-state index is 13.4. The van der Waals surface area contributed by atoms with E-state index in [4.69, 9.17) is 9.47 Å². The number of carbonyl (C=O) groups excluding carboxylic acids is 1. The van der Waals surface area contributed by atoms with Crippen molar-refractivity contribution in [3.63, 3.8) is 0 Å². The fraction of sp³-hybridized carbons (Fsp3) is 0.360. The molecule has 2 aromatic carbocycles. The Hall–Kier alpha value is -3.19. The second-order valence-electron chi connectivity index (χ2n) is 8.67. The maximum absolute atomic E-state index is 13.4. The highest BCUT2D eigenvalue weighted by Crippen LogP contribution is 2.39. The Morgan fingerprint density at radius 2 is 1.68 bits per heavy atom. The molecule has 6 nitrogen and oxygen atoms in total. The van der Waals surface area contributed by atoms with Crippen LogP contribution < -0.4 is 9.47 Å². The van der Waals surface area contributed by atoms with Gasteiger partial charge >= 0.3 is 12.4 Å². The molecule has 38 heavy (non-hydrogen) atoms. The average molecular weight is 560 g/mol. The minimum atomic E-state index is -5.00. The number of aliphatic imine (C=N–C) groups is 1. The Morgan fingerprint density at radius 3 is 2.32 bits per heavy atom. The summed E-state index contributed by atoms with van der Waals surface area (Å²) in [7, 11) is 3.36. The molecule has 204 valence electrons. The van der Waals surface area contributed by atoms with Crippen LogP contribution in [0.2, 0.25) is 0 Å². The summed E-state index contributed by atoms with van der Waals surface area (Å²) in [5, 5.41) is 0.637. The number of rotatable bonds is 5. The minimum absolute atomic E-state index is 0.0694. The number of ether oxygens (including phenoxy) is 2. The lowest BCUT2D eigenvalue weighted by Crippen LogP contribution is -2.46. The molecular formula is C25H23F6N3O3S. The number of benzene rings is 2. The molecule has 0 bridgehead atoms. The summed E-state index contributed by atoms with van der Waals surface area (Å²) in [5.74, 6) is -0.108. The maximum Gasteiger partial charge on any atom is 0.416 e. The number of hydrogen-bond donors (Lipinski definition) is 0. The first-order valence-electron chi connectivity index (χ1n) is 11.4. The summed E-state index contributed by atoms with van der Waals surface area (Å²) in [6, 6.07) is 5.98. The van der Waals surface area contributed by atoms with Crippen LogP contribution in [0.25, 0.3) is 6.08 Å². The van der Waals surface area contributed by atoms with Gasteiger partial charge in [-0.3, -0.25) is 4.79 Å². The summed E-state index contributed by atoms with van der Waals surface area (Å²) >= 11 is 1.26. The van der Waals surface area contributed by atoms with Crippen LogP contribution in [0.4, 0.5) is 26.3 Å². The van der Waals surface area contributed by atoms with Crippen molar-refractivity contribution in [2.45, 2.75) is 19.0 Å². The number of carbonyl (C=O) groups is 1. The summed E-state index contributed by atoms with van der Waals surface area (Å²) in [6.45, 7) is 2.61. The van der Waals surface area contributed by atoms with Crippen LogP contribution in [0.1, 0.15) is 22.3 Å². The number of methoxy groups -OCH3 is 1. The quantitative estimate of drug-likeness (QED) is 0.355. The molecule has 13 heteroatoms. The van der Waals surface area contributed by atoms with Gasteiger partial charge in [-0.15, -0.1) is 0 Å². The number of halogens is 6. The normalized spacial score (nSPS) is 18.2. The van der Waals surface area contributed by atoms with Crippen LogP contribution in [0.3, 0.4) is 0 Å². The van der Waals surface area contributed by atoms with Gasteiger partial charge in [-0.2, -0.15) is 31.3 Å². The molecule has 0 saturated carbocycles. The number of thioether (sulfide) groups is 1. The van der Waals surface area contributed by atoms with E-state index in [0.29, 0.717) is 21.7 Å². The monoisotopic (exact) mass is 559 g/mol. The number of amides is 1. The molecule has 2 heterocycles. The molecule has 2 aliphatic rings. The predicted octanol–water partition coefficient (Wildman–Crippen LogP) is 5.53. The first kappa shape index (κ1) is 27.8. The Kier molecular flexibility index (Phi) is 7.98. The fourth-order valence-corrected chi connectivity index (χ4v) is 4.84. The van der Waals surface area contributed by atoms with Gasteiger partial charge in [0, 0.05) is 31.7 Å². The number of likely N-dealkylation sites (N-methyl/N-ethyl adjacent to an activating group) is 1. The highest BCUT2D eigenvalue weighted by Gasteiger charge is 2.38. The first-order valence-corrected chi connectivity index (χ1v) is 12.2. The van der Waals surface area contributed by atoms with E-state index in [1.807, 2.05) is 7.05 Å². The highest BCUT2D eigenvalue weighted by molar-refractivity contribution is 8.18. The van der Waals surface area contributed by atoms with Gasteiger partial charge in [0.1, 0.15) is 6.61 Å². The molecule has 0 aliphatic carbocycles. The SMILES string of the molecule is COc1cc(/C=C2/SC(N3CCN(C)CC3)=NC2=O)ccc1OCc1ccc(C(F)(F)F)cc1C(F)(F)F. The topological polar surface area (TPSA) is 54.4 Å². The lowest BCUT2D eigenvalue weighted by atomic mass is 10.0. The van der Waals surface area contributed by atoms with Crippen LogP contribution in [0.15, 0.2) is 46.3 Å². The number of nitrogens with zero attached hydrogens (tertiary/aromatic N) is 3. The average Bonchev–Trinajstić information content (AvgIpc) is 3.22. The predicted molar refractivity (Wildman–Crippen MR) is 131 cm³/mol. The van der Waals surface area contributed by atoms with E-state index in [1.54, 1.807) is 18.2 Å². The van der Waals surface area contributed by atoms with Crippen molar-refractivity contribution in [1.29, 1.82) is 0 Å². The molecule has 1 fully saturated rings. The molecule has 2 aliphatic heterocycles. The summed E-state index contributed by atoms with van der Waals surface area (Å²) in [4.78, 5) is 21.2. The molecule has 0 radical (unpaired) electrons. The molecule has 4 rings (SSSR count). The van der Waals surface area contributed by atoms with E-state index in [0.717, 1.165) is 32.2 Å². The lowest BCUT2D eigenvalue weighted by Gasteiger charge is -2.32. The number of piperazine rings is 1. The summed E-state index contributed by atoms with van der Waals surface area (Å²) < 4.78 is 89.8. The van der Waals surface area contributed by atoms with Gasteiger partial charge in [0.2, 0.25) is 0 Å². The number of alkyl halides is 6. The third-order valence-electron chi connectivity index (χ3n) is 5.99. The van der Waals surface area contributed by atoms with Gasteiger partial charge in [0.05, 0.1) is 23.1 Å². The zero-order valence-corrected chi connectivity index (χ0v) is 21.1. The van der Waals surface area contributed by atoms with Crippen molar-refractivity contribution in [3.05, 3.63) is 63.6 Å². The molecular weight excluding hydrogens is 536 g/mol. The van der Waals surface area contributed by atoms with Crippen molar-refractivity contribution < 1.29 is 40.6 Å². The molecule has 0 aromatic heterocycles. The molecule has 0 unspecified atom stereocenters. The highest BCUT2D eigenvalue weighted by atomic mass is 32.2. The molecule has 2 aromatic rings. The zero-order valence-electron chi connectivity index (χ0n) is 20.3. The third-order valence-corrected chi connectivity index (χ3v) is 7.04. The van der Waals surface area contributed by atoms with Crippen molar-refractivity contribution in [1.82, 2.24) is 9.80 Å². The van der Waals surface area contributed by atoms with Gasteiger partial charge in [-0.05, 0) is 54.7 Å². The van der Waals surface area contributed by atoms with Crippen LogP contribution in [-0.2, 0) is 23.8 Å². The van der Waals surface area contributed by atoms with Crippen LogP contribution in [0, 0.1) is 0 Å². The number of hydrogen-bond acceptors (Lipinski definition) is 6. The minimum Gasteiger partial charge on any atom is -0.493 e. The van der Waals surface area contributed by atoms with E-state index < -0.39 is 35.6 Å². The second-order valence-corrected chi connectivity index (χ2v) is 9.68. The van der Waals surface area contributed by atoms with E-state index in [2.05, 4.69) is 14.8 Å². The van der Waals surface area contributed by atoms with E-state index in [9.17, 15) is 31.1 Å². The van der Waals surface area contributed by atoms with Crippen molar-refractivity contribution in [2.75, 3.05) is 40.3 Å². The third kappa shape index (κ3) is 6.44. The molecule has 1 amide bonds. The smallest absolute Gasteiger partial charge is 0.416 e. The van der Waals surface area contributed by atoms with Crippen LogP contribution >= 0.6 is 11.8 Å². The second kappa shape index (κ2) is 10.9. The van der Waals surface area contributed by atoms with Gasteiger partial charge in [-0.1, -0.05) is 12.1 Å². The molecule has 0 atom stereocenters. The Balaban J connectivity index is 1.49. The Labute approximate surface area is 218 Å². The zero-order chi connectivity index (χ0) is 27.7. The van der Waals surface area contributed by atoms with Gasteiger partial charge < -0.3 is 19.3 Å². The first-order chi connectivity index (χ1) is 17.8. The Bertz CT molecular complexity index is 1270. The van der Waals surface area contributed by atoms with E-state index >= 15 is 0 Å².